The van der Waals surface area contributed by atoms with Crippen LogP contribution in [-0.2, 0) is 25.7 Å². The lowest BCUT2D eigenvalue weighted by Gasteiger charge is -2.35. The van der Waals surface area contributed by atoms with E-state index in [1.54, 1.807) is 17.4 Å². The van der Waals surface area contributed by atoms with Crippen molar-refractivity contribution >= 4 is 29.1 Å². The second kappa shape index (κ2) is 13.8. The fourth-order valence-electron chi connectivity index (χ4n) is 4.45. The van der Waals surface area contributed by atoms with Crippen molar-refractivity contribution in [3.8, 4) is 10.4 Å². The van der Waals surface area contributed by atoms with E-state index in [9.17, 15) is 19.5 Å². The smallest absolute Gasteiger partial charge is 0.246 e. The molecule has 1 aliphatic heterocycles. The number of benzene rings is 1. The van der Waals surface area contributed by atoms with E-state index in [1.165, 1.54) is 4.90 Å². The summed E-state index contributed by atoms with van der Waals surface area (Å²) < 4.78 is 5.41. The number of aliphatic hydroxyl groups is 1. The van der Waals surface area contributed by atoms with Gasteiger partial charge in [-0.3, -0.25) is 14.4 Å². The average molecular weight is 557 g/mol. The van der Waals surface area contributed by atoms with Crippen LogP contribution in [-0.4, -0.2) is 70.7 Å². The predicted molar refractivity (Wildman–Crippen MR) is 152 cm³/mol. The molecule has 3 atom stereocenters. The van der Waals surface area contributed by atoms with Crippen molar-refractivity contribution in [1.29, 1.82) is 0 Å². The summed E-state index contributed by atoms with van der Waals surface area (Å²) in [6.45, 7) is 12.2. The molecule has 1 aromatic heterocycles. The lowest BCUT2D eigenvalue weighted by molar-refractivity contribution is -0.144. The summed E-state index contributed by atoms with van der Waals surface area (Å²) in [4.78, 5) is 46.2. The van der Waals surface area contributed by atoms with Gasteiger partial charge in [0, 0.05) is 25.9 Å². The molecule has 0 saturated carbocycles. The molecule has 3 N–H and O–H groups in total. The highest BCUT2D eigenvalue weighted by Gasteiger charge is 2.44. The SMILES string of the molecule is C=CCCOCCC(=O)N[C@H](C(=O)N1C[C@H](O)C[C@H]1C(=O)NCc1ccc(-c2scnc2C)cc1)C(C)(C)C. The fourth-order valence-corrected chi connectivity index (χ4v) is 5.26. The van der Waals surface area contributed by atoms with Gasteiger partial charge in [-0.1, -0.05) is 51.1 Å². The minimum absolute atomic E-state index is 0.0347. The van der Waals surface area contributed by atoms with E-state index in [-0.39, 0.29) is 43.7 Å². The number of rotatable bonds is 12. The normalized spacial score (nSPS) is 18.0. The number of aromatic nitrogens is 1. The van der Waals surface area contributed by atoms with E-state index in [0.29, 0.717) is 19.6 Å². The Labute approximate surface area is 234 Å². The van der Waals surface area contributed by atoms with Crippen molar-refractivity contribution < 1.29 is 24.2 Å². The zero-order valence-corrected chi connectivity index (χ0v) is 24.1. The molecule has 1 aliphatic rings. The van der Waals surface area contributed by atoms with E-state index < -0.39 is 23.6 Å². The average Bonchev–Trinajstić information content (AvgIpc) is 3.50. The highest BCUT2D eigenvalue weighted by atomic mass is 32.1. The molecular formula is C29H40N4O5S. The van der Waals surface area contributed by atoms with Crippen LogP contribution < -0.4 is 10.6 Å². The molecule has 1 aromatic carbocycles. The van der Waals surface area contributed by atoms with Gasteiger partial charge < -0.3 is 25.4 Å². The Bertz CT molecular complexity index is 1140. The molecule has 2 heterocycles. The van der Waals surface area contributed by atoms with Gasteiger partial charge in [0.15, 0.2) is 0 Å². The Morgan fingerprint density at radius 3 is 2.59 bits per heavy atom. The Hall–Kier alpha value is -3.08. The Balaban J connectivity index is 1.61. The van der Waals surface area contributed by atoms with Crippen molar-refractivity contribution in [3.05, 3.63) is 53.7 Å². The van der Waals surface area contributed by atoms with Crippen LogP contribution in [0.5, 0.6) is 0 Å². The monoisotopic (exact) mass is 556 g/mol. The van der Waals surface area contributed by atoms with Crippen molar-refractivity contribution in [1.82, 2.24) is 20.5 Å². The summed E-state index contributed by atoms with van der Waals surface area (Å²) in [5.41, 5.74) is 4.17. The molecule has 0 spiro atoms. The first kappa shape index (κ1) is 30.5. The Morgan fingerprint density at radius 2 is 1.97 bits per heavy atom. The Morgan fingerprint density at radius 1 is 1.26 bits per heavy atom. The topological polar surface area (TPSA) is 121 Å². The van der Waals surface area contributed by atoms with Gasteiger partial charge in [-0.25, -0.2) is 4.98 Å². The first-order chi connectivity index (χ1) is 18.5. The molecule has 39 heavy (non-hydrogen) atoms. The molecule has 0 radical (unpaired) electrons. The molecule has 10 heteroatoms. The summed E-state index contributed by atoms with van der Waals surface area (Å²) in [6.07, 6.45) is 1.88. The maximum Gasteiger partial charge on any atom is 0.246 e. The number of aryl methyl sites for hydroxylation is 1. The number of likely N-dealkylation sites (tertiary alicyclic amines) is 1. The second-order valence-electron chi connectivity index (χ2n) is 10.9. The summed E-state index contributed by atoms with van der Waals surface area (Å²) in [5.74, 6) is -1.03. The third-order valence-electron chi connectivity index (χ3n) is 6.65. The van der Waals surface area contributed by atoms with E-state index in [1.807, 2.05) is 57.5 Å². The van der Waals surface area contributed by atoms with Crippen molar-refractivity contribution in [3.63, 3.8) is 0 Å². The van der Waals surface area contributed by atoms with E-state index in [4.69, 9.17) is 4.74 Å². The number of amides is 3. The number of carbonyl (C=O) groups excluding carboxylic acids is 3. The molecule has 1 fully saturated rings. The molecule has 3 rings (SSSR count). The highest BCUT2D eigenvalue weighted by molar-refractivity contribution is 7.13. The quantitative estimate of drug-likeness (QED) is 0.273. The van der Waals surface area contributed by atoms with Crippen LogP contribution in [0.4, 0.5) is 0 Å². The minimum Gasteiger partial charge on any atom is -0.391 e. The van der Waals surface area contributed by atoms with Crippen LogP contribution in [0.3, 0.4) is 0 Å². The third kappa shape index (κ3) is 8.45. The summed E-state index contributed by atoms with van der Waals surface area (Å²) in [6, 6.07) is 6.22. The molecular weight excluding hydrogens is 516 g/mol. The number of aliphatic hydroxyl groups excluding tert-OH is 1. The van der Waals surface area contributed by atoms with Crippen LogP contribution in [0.2, 0.25) is 0 Å². The molecule has 0 unspecified atom stereocenters. The van der Waals surface area contributed by atoms with E-state index in [0.717, 1.165) is 21.7 Å². The van der Waals surface area contributed by atoms with E-state index in [2.05, 4.69) is 22.2 Å². The standard InChI is InChI=1S/C29H40N4O5S/c1-6-7-13-38-14-12-24(35)32-26(29(3,4)5)28(37)33-17-22(34)15-23(33)27(36)30-16-20-8-10-21(11-9-20)25-19(2)31-18-39-25/h6,8-11,18,22-23,26,34H,1,7,12-17H2,2-5H3,(H,30,36)(H,32,35)/t22-,23+,26-/m1/s1. The number of hydrogen-bond donors (Lipinski definition) is 3. The molecule has 3 amide bonds. The summed E-state index contributed by atoms with van der Waals surface area (Å²) >= 11 is 1.58. The Kier molecular flexibility index (Phi) is 10.8. The van der Waals surface area contributed by atoms with Gasteiger partial charge in [-0.2, -0.15) is 0 Å². The molecule has 9 nitrogen and oxygen atoms in total. The zero-order valence-electron chi connectivity index (χ0n) is 23.2. The summed E-state index contributed by atoms with van der Waals surface area (Å²) in [5, 5.41) is 16.1. The maximum absolute atomic E-state index is 13.6. The van der Waals surface area contributed by atoms with Crippen molar-refractivity contribution in [2.75, 3.05) is 19.8 Å². The van der Waals surface area contributed by atoms with Crippen LogP contribution in [0, 0.1) is 12.3 Å². The second-order valence-corrected chi connectivity index (χ2v) is 11.7. The van der Waals surface area contributed by atoms with Crippen LogP contribution >= 0.6 is 11.3 Å². The van der Waals surface area contributed by atoms with Crippen molar-refractivity contribution in [2.45, 2.75) is 71.7 Å². The number of β-amino-alcohol motifs (C(OH)–C–C–N with tert-alkyl or cyclic N) is 1. The summed E-state index contributed by atoms with van der Waals surface area (Å²) in [7, 11) is 0. The number of thiazole rings is 1. The van der Waals surface area contributed by atoms with Crippen LogP contribution in [0.25, 0.3) is 10.4 Å². The molecule has 0 aliphatic carbocycles. The van der Waals surface area contributed by atoms with Gasteiger partial charge in [-0.05, 0) is 29.9 Å². The maximum atomic E-state index is 13.6. The number of hydrogen-bond acceptors (Lipinski definition) is 7. The predicted octanol–water partition coefficient (Wildman–Crippen LogP) is 3.21. The van der Waals surface area contributed by atoms with E-state index >= 15 is 0 Å². The number of nitrogens with zero attached hydrogens (tertiary/aromatic N) is 2. The largest absolute Gasteiger partial charge is 0.391 e. The molecule has 0 bridgehead atoms. The molecule has 2 aromatic rings. The number of ether oxygens (including phenoxy) is 1. The lowest BCUT2D eigenvalue weighted by atomic mass is 9.85. The van der Waals surface area contributed by atoms with Gasteiger partial charge in [-0.15, -0.1) is 17.9 Å². The first-order valence-electron chi connectivity index (χ1n) is 13.2. The minimum atomic E-state index is -0.860. The van der Waals surface area contributed by atoms with Crippen LogP contribution in [0.15, 0.2) is 42.4 Å². The van der Waals surface area contributed by atoms with Gasteiger partial charge in [0.1, 0.15) is 12.1 Å². The van der Waals surface area contributed by atoms with Crippen LogP contribution in [0.1, 0.15) is 51.3 Å². The molecule has 1 saturated heterocycles. The lowest BCUT2D eigenvalue weighted by Crippen LogP contribution is -2.57. The van der Waals surface area contributed by atoms with Gasteiger partial charge >= 0.3 is 0 Å². The zero-order chi connectivity index (χ0) is 28.6. The fraction of sp³-hybridized carbons (Fsp3) is 0.517. The third-order valence-corrected chi connectivity index (χ3v) is 7.63. The highest BCUT2D eigenvalue weighted by Crippen LogP contribution is 2.28. The van der Waals surface area contributed by atoms with Gasteiger partial charge in [0.2, 0.25) is 17.7 Å². The van der Waals surface area contributed by atoms with Gasteiger partial charge in [0.05, 0.1) is 35.4 Å². The number of nitrogens with one attached hydrogen (secondary N) is 2. The number of carbonyl (C=O) groups is 3. The first-order valence-corrected chi connectivity index (χ1v) is 14.1. The molecule has 212 valence electrons. The van der Waals surface area contributed by atoms with Crippen molar-refractivity contribution in [2.24, 2.45) is 5.41 Å². The van der Waals surface area contributed by atoms with Gasteiger partial charge in [0.25, 0.3) is 0 Å².